The van der Waals surface area contributed by atoms with E-state index in [2.05, 4.69) is 327 Å². The largest absolute Gasteiger partial charge is 0.311 e. The Morgan fingerprint density at radius 3 is 1.01 bits per heavy atom. The maximum Gasteiger partial charge on any atom is 0.252 e. The highest BCUT2D eigenvalue weighted by Crippen LogP contribution is 2.52. The summed E-state index contributed by atoms with van der Waals surface area (Å²) >= 11 is 0. The molecule has 0 unspecified atom stereocenters. The van der Waals surface area contributed by atoms with Crippen molar-refractivity contribution in [3.63, 3.8) is 0 Å². The second-order valence-corrected chi connectivity index (χ2v) is 24.1. The molecule has 11 aromatic carbocycles. The van der Waals surface area contributed by atoms with Gasteiger partial charge in [0.25, 0.3) is 13.4 Å². The predicted octanol–water partition coefficient (Wildman–Crippen LogP) is 15.9. The van der Waals surface area contributed by atoms with E-state index in [1.165, 1.54) is 83.7 Å². The second kappa shape index (κ2) is 18.6. The molecule has 0 atom stereocenters. The van der Waals surface area contributed by atoms with Crippen LogP contribution in [-0.4, -0.2) is 13.4 Å². The molecule has 11 aromatic rings. The number of hydrogen-bond donors (Lipinski definition) is 0. The molecule has 5 nitrogen and oxygen atoms in total. The first-order chi connectivity index (χ1) is 39.5. The Bertz CT molecular complexity index is 4190. The van der Waals surface area contributed by atoms with Crippen LogP contribution in [0, 0.1) is 0 Å². The summed E-state index contributed by atoms with van der Waals surface area (Å²) in [5, 5.41) is 0. The van der Waals surface area contributed by atoms with Crippen molar-refractivity contribution in [3.8, 4) is 0 Å². The molecule has 388 valence electrons. The third-order valence-electron chi connectivity index (χ3n) is 17.2. The van der Waals surface area contributed by atoms with Gasteiger partial charge in [-0.05, 0) is 158 Å². The molecule has 0 fully saturated rings. The van der Waals surface area contributed by atoms with Gasteiger partial charge in [-0.3, -0.25) is 0 Å². The van der Waals surface area contributed by atoms with E-state index in [0.29, 0.717) is 0 Å². The Morgan fingerprint density at radius 2 is 0.593 bits per heavy atom. The molecule has 0 aliphatic carbocycles. The topological polar surface area (TPSA) is 16.2 Å². The Morgan fingerprint density at radius 1 is 0.272 bits per heavy atom. The predicted molar refractivity (Wildman–Crippen MR) is 347 cm³/mol. The molecule has 0 radical (unpaired) electrons. The van der Waals surface area contributed by atoms with Crippen LogP contribution in [0.15, 0.2) is 261 Å². The van der Waals surface area contributed by atoms with Gasteiger partial charge in [-0.15, -0.1) is 0 Å². The van der Waals surface area contributed by atoms with Crippen molar-refractivity contribution < 1.29 is 0 Å². The minimum Gasteiger partial charge on any atom is -0.311 e. The molecule has 4 aliphatic rings. The van der Waals surface area contributed by atoms with Crippen molar-refractivity contribution in [3.05, 3.63) is 272 Å². The Balaban J connectivity index is 1.07. The fraction of sp³-hybridized carbons (Fsp3) is 0.108. The summed E-state index contributed by atoms with van der Waals surface area (Å²) in [4.78, 5) is 12.7. The minimum atomic E-state index is -0.162. The van der Waals surface area contributed by atoms with Crippen LogP contribution in [0.25, 0.3) is 0 Å². The van der Waals surface area contributed by atoms with Gasteiger partial charge >= 0.3 is 0 Å². The number of benzene rings is 11. The SMILES string of the molecule is CC(C)(C)c1ccccc1N(c1cc2c3c(c1)N(c1ccccc1)c1cc4c(cc1B3c1ccccc1N2c1ccccc1)B1c2ccccc2N(c2ccccc2)c2cccc(c21)N4c1ccccc1)c1ccccc1C(C)(C)C. The van der Waals surface area contributed by atoms with Gasteiger partial charge in [0.2, 0.25) is 0 Å². The Hall–Kier alpha value is -9.45. The normalized spacial score (nSPS) is 13.7. The lowest BCUT2D eigenvalue weighted by Crippen LogP contribution is -2.65. The molecule has 7 heteroatoms. The zero-order chi connectivity index (χ0) is 54.7. The van der Waals surface area contributed by atoms with Gasteiger partial charge in [0.1, 0.15) is 0 Å². The number of anilines is 15. The van der Waals surface area contributed by atoms with Gasteiger partial charge in [0.05, 0.1) is 5.69 Å². The first-order valence-corrected chi connectivity index (χ1v) is 28.6. The highest BCUT2D eigenvalue weighted by Gasteiger charge is 2.48. The number of hydrogen-bond acceptors (Lipinski definition) is 5. The molecule has 4 heterocycles. The number of nitrogens with zero attached hydrogens (tertiary/aromatic N) is 5. The molecular formula is C74H61B2N5. The van der Waals surface area contributed by atoms with Crippen LogP contribution in [0.2, 0.25) is 0 Å². The lowest BCUT2D eigenvalue weighted by Gasteiger charge is -2.47. The number of para-hydroxylation sites is 8. The van der Waals surface area contributed by atoms with Crippen LogP contribution in [0.3, 0.4) is 0 Å². The summed E-state index contributed by atoms with van der Waals surface area (Å²) < 4.78 is 0. The van der Waals surface area contributed by atoms with Crippen molar-refractivity contribution in [1.82, 2.24) is 0 Å². The molecule has 15 rings (SSSR count). The van der Waals surface area contributed by atoms with Gasteiger partial charge in [0, 0.05) is 79.6 Å². The van der Waals surface area contributed by atoms with E-state index in [1.807, 2.05) is 0 Å². The summed E-state index contributed by atoms with van der Waals surface area (Å²) in [5.74, 6) is 0. The van der Waals surface area contributed by atoms with Gasteiger partial charge in [0.15, 0.2) is 0 Å². The highest BCUT2D eigenvalue weighted by atomic mass is 15.2. The van der Waals surface area contributed by atoms with E-state index >= 15 is 0 Å². The molecule has 4 aliphatic heterocycles. The fourth-order valence-corrected chi connectivity index (χ4v) is 13.9. The molecule has 0 spiro atoms. The maximum absolute atomic E-state index is 2.63. The zero-order valence-corrected chi connectivity index (χ0v) is 46.7. The van der Waals surface area contributed by atoms with Crippen LogP contribution in [0.5, 0.6) is 0 Å². The number of fused-ring (bicyclic) bond motifs is 8. The molecule has 0 bridgehead atoms. The van der Waals surface area contributed by atoms with Crippen molar-refractivity contribution in [2.24, 2.45) is 0 Å². The standard InChI is InChI=1S/C74H61B2N5/c1-73(2,3)55-36-19-23-40-61(55)81(62-41-24-20-37-56(62)74(4,5)6)54-46-69-72-70(47-54)80(53-34-17-10-18-35-53)68-49-67-59(48-60(68)76(72)58-39-22-26-43-64(58)78(69)51-30-13-8-14-31-51)75-57-38-21-25-42-63(57)77(50-28-11-7-12-29-50)65-44-27-45-66(71(65)75)79(67)52-32-15-9-16-33-52/h7-49H,1-6H3. The van der Waals surface area contributed by atoms with E-state index in [4.69, 9.17) is 0 Å². The zero-order valence-electron chi connectivity index (χ0n) is 46.7. The molecule has 0 saturated carbocycles. The van der Waals surface area contributed by atoms with Gasteiger partial charge in [-0.2, -0.15) is 0 Å². The quantitative estimate of drug-likeness (QED) is 0.147. The fourth-order valence-electron chi connectivity index (χ4n) is 13.9. The summed E-state index contributed by atoms with van der Waals surface area (Å²) in [7, 11) is 0. The van der Waals surface area contributed by atoms with Gasteiger partial charge in [-0.25, -0.2) is 0 Å². The summed E-state index contributed by atoms with van der Waals surface area (Å²) in [6.07, 6.45) is 0. The van der Waals surface area contributed by atoms with Crippen molar-refractivity contribution in [2.45, 2.75) is 52.4 Å². The smallest absolute Gasteiger partial charge is 0.252 e. The maximum atomic E-state index is 2.63. The lowest BCUT2D eigenvalue weighted by molar-refractivity contribution is 0.587. The third-order valence-corrected chi connectivity index (χ3v) is 17.2. The summed E-state index contributed by atoms with van der Waals surface area (Å²) in [5.41, 5.74) is 27.3. The van der Waals surface area contributed by atoms with E-state index in [0.717, 1.165) is 45.5 Å². The number of rotatable bonds is 7. The van der Waals surface area contributed by atoms with Crippen LogP contribution in [-0.2, 0) is 10.8 Å². The molecule has 0 saturated heterocycles. The molecule has 0 amide bonds. The van der Waals surface area contributed by atoms with Gasteiger partial charge < -0.3 is 24.5 Å². The Labute approximate surface area is 477 Å². The molecule has 0 N–H and O–H groups in total. The van der Waals surface area contributed by atoms with Crippen molar-refractivity contribution in [2.75, 3.05) is 24.5 Å². The molecule has 81 heavy (non-hydrogen) atoms. The average molecular weight is 1040 g/mol. The van der Waals surface area contributed by atoms with Crippen LogP contribution in [0.4, 0.5) is 85.3 Å². The first-order valence-electron chi connectivity index (χ1n) is 28.6. The summed E-state index contributed by atoms with van der Waals surface area (Å²) in [6.45, 7) is 13.9. The van der Waals surface area contributed by atoms with E-state index in [1.54, 1.807) is 0 Å². The minimum absolute atomic E-state index is 0.0555. The monoisotopic (exact) mass is 1040 g/mol. The van der Waals surface area contributed by atoms with Gasteiger partial charge in [-0.1, -0.05) is 199 Å². The molecule has 0 aromatic heterocycles. The van der Waals surface area contributed by atoms with Crippen LogP contribution in [0.1, 0.15) is 52.7 Å². The first kappa shape index (κ1) is 48.7. The van der Waals surface area contributed by atoms with E-state index in [-0.39, 0.29) is 24.3 Å². The Kier molecular flexibility index (Phi) is 11.2. The van der Waals surface area contributed by atoms with Crippen molar-refractivity contribution >= 4 is 132 Å². The van der Waals surface area contributed by atoms with Crippen molar-refractivity contribution in [1.29, 1.82) is 0 Å². The highest BCUT2D eigenvalue weighted by molar-refractivity contribution is 7.03. The van der Waals surface area contributed by atoms with Crippen LogP contribution < -0.4 is 57.3 Å². The van der Waals surface area contributed by atoms with Crippen LogP contribution >= 0.6 is 0 Å². The summed E-state index contributed by atoms with van der Waals surface area (Å²) in [6, 6.07) is 97.6. The third kappa shape index (κ3) is 7.62. The lowest BCUT2D eigenvalue weighted by atomic mass is 9.30. The van der Waals surface area contributed by atoms with E-state index in [9.17, 15) is 0 Å². The van der Waals surface area contributed by atoms with E-state index < -0.39 is 0 Å². The molecular weight excluding hydrogens is 980 g/mol. The average Bonchev–Trinajstić information content (AvgIpc) is 3.04. The second-order valence-electron chi connectivity index (χ2n) is 24.1.